The fourth-order valence-electron chi connectivity index (χ4n) is 1.63. The van der Waals surface area contributed by atoms with Crippen molar-refractivity contribution in [3.63, 3.8) is 0 Å². The molecular formula is C10H13N3O. The number of imidazole rings is 1. The van der Waals surface area contributed by atoms with Gasteiger partial charge in [0, 0.05) is 7.05 Å². The van der Waals surface area contributed by atoms with Crippen molar-refractivity contribution in [3.8, 4) is 5.75 Å². The van der Waals surface area contributed by atoms with E-state index in [4.69, 9.17) is 10.5 Å². The molecule has 0 amide bonds. The van der Waals surface area contributed by atoms with Gasteiger partial charge in [-0.05, 0) is 12.1 Å². The summed E-state index contributed by atoms with van der Waals surface area (Å²) in [4.78, 5) is 4.40. The van der Waals surface area contributed by atoms with Crippen LogP contribution in [0.1, 0.15) is 5.82 Å². The lowest BCUT2D eigenvalue weighted by molar-refractivity contribution is 0.417. The number of benzene rings is 1. The highest BCUT2D eigenvalue weighted by Gasteiger charge is 2.09. The molecule has 0 aliphatic carbocycles. The van der Waals surface area contributed by atoms with Crippen LogP contribution in [0.25, 0.3) is 11.0 Å². The molecule has 0 bridgehead atoms. The number of hydrogen-bond acceptors (Lipinski definition) is 3. The number of para-hydroxylation sites is 1. The first-order chi connectivity index (χ1) is 6.77. The van der Waals surface area contributed by atoms with Crippen LogP contribution in [0.15, 0.2) is 18.2 Å². The summed E-state index contributed by atoms with van der Waals surface area (Å²) >= 11 is 0. The highest BCUT2D eigenvalue weighted by Crippen LogP contribution is 2.25. The van der Waals surface area contributed by atoms with E-state index >= 15 is 0 Å². The van der Waals surface area contributed by atoms with Gasteiger partial charge in [0.1, 0.15) is 17.1 Å². The second-order valence-electron chi connectivity index (χ2n) is 3.12. The van der Waals surface area contributed by atoms with E-state index in [1.54, 1.807) is 7.11 Å². The lowest BCUT2D eigenvalue weighted by atomic mass is 10.3. The minimum Gasteiger partial charge on any atom is -0.494 e. The van der Waals surface area contributed by atoms with Gasteiger partial charge >= 0.3 is 0 Å². The average molecular weight is 191 g/mol. The number of methoxy groups -OCH3 is 1. The maximum absolute atomic E-state index is 5.58. The Labute approximate surface area is 82.3 Å². The van der Waals surface area contributed by atoms with Crippen molar-refractivity contribution in [1.29, 1.82) is 0 Å². The van der Waals surface area contributed by atoms with Crippen molar-refractivity contribution in [2.24, 2.45) is 12.8 Å². The predicted molar refractivity (Wildman–Crippen MR) is 55.2 cm³/mol. The molecular weight excluding hydrogens is 178 g/mol. The number of fused-ring (bicyclic) bond motifs is 1. The van der Waals surface area contributed by atoms with E-state index in [9.17, 15) is 0 Å². The summed E-state index contributed by atoms with van der Waals surface area (Å²) in [5, 5.41) is 0. The molecule has 14 heavy (non-hydrogen) atoms. The molecule has 0 aliphatic rings. The smallest absolute Gasteiger partial charge is 0.144 e. The summed E-state index contributed by atoms with van der Waals surface area (Å²) in [5.74, 6) is 1.70. The first-order valence-corrected chi connectivity index (χ1v) is 4.46. The summed E-state index contributed by atoms with van der Waals surface area (Å²) in [5.41, 5.74) is 7.50. The number of ether oxygens (including phenoxy) is 1. The second kappa shape index (κ2) is 3.31. The van der Waals surface area contributed by atoms with Gasteiger partial charge in [-0.1, -0.05) is 6.07 Å². The molecule has 0 spiro atoms. The van der Waals surface area contributed by atoms with Gasteiger partial charge in [-0.25, -0.2) is 4.98 Å². The van der Waals surface area contributed by atoms with Crippen LogP contribution in [0, 0.1) is 0 Å². The van der Waals surface area contributed by atoms with Crippen molar-refractivity contribution in [2.75, 3.05) is 7.11 Å². The number of nitrogens with two attached hydrogens (primary N) is 1. The van der Waals surface area contributed by atoms with Crippen LogP contribution in [-0.4, -0.2) is 16.7 Å². The highest BCUT2D eigenvalue weighted by atomic mass is 16.5. The second-order valence-corrected chi connectivity index (χ2v) is 3.12. The third-order valence-electron chi connectivity index (χ3n) is 2.35. The third-order valence-corrected chi connectivity index (χ3v) is 2.35. The average Bonchev–Trinajstić information content (AvgIpc) is 2.55. The number of nitrogens with zero attached hydrogens (tertiary/aromatic N) is 2. The van der Waals surface area contributed by atoms with Crippen molar-refractivity contribution < 1.29 is 4.74 Å². The quantitative estimate of drug-likeness (QED) is 0.771. The maximum Gasteiger partial charge on any atom is 0.144 e. The van der Waals surface area contributed by atoms with E-state index in [1.807, 2.05) is 29.8 Å². The molecule has 0 saturated carbocycles. The van der Waals surface area contributed by atoms with Crippen LogP contribution in [0.2, 0.25) is 0 Å². The first-order valence-electron chi connectivity index (χ1n) is 4.46. The van der Waals surface area contributed by atoms with E-state index in [2.05, 4.69) is 4.98 Å². The molecule has 0 aliphatic heterocycles. The molecule has 0 atom stereocenters. The largest absolute Gasteiger partial charge is 0.494 e. The third kappa shape index (κ3) is 1.15. The number of hydrogen-bond donors (Lipinski definition) is 1. The Balaban J connectivity index is 2.79. The zero-order chi connectivity index (χ0) is 10.1. The van der Waals surface area contributed by atoms with Gasteiger partial charge in [0.05, 0.1) is 19.2 Å². The standard InChI is InChI=1S/C10H13N3O/c1-13-9(6-11)12-7-4-3-5-8(14-2)10(7)13/h3-5H,6,11H2,1-2H3. The van der Waals surface area contributed by atoms with Crippen LogP contribution in [0.3, 0.4) is 0 Å². The molecule has 2 N–H and O–H groups in total. The highest BCUT2D eigenvalue weighted by molar-refractivity contribution is 5.82. The molecule has 2 rings (SSSR count). The molecule has 4 heteroatoms. The van der Waals surface area contributed by atoms with Gasteiger partial charge in [-0.2, -0.15) is 0 Å². The molecule has 1 heterocycles. The Hall–Kier alpha value is -1.55. The van der Waals surface area contributed by atoms with E-state index in [0.29, 0.717) is 6.54 Å². The van der Waals surface area contributed by atoms with Crippen LogP contribution >= 0.6 is 0 Å². The van der Waals surface area contributed by atoms with Crippen LogP contribution in [0.5, 0.6) is 5.75 Å². The predicted octanol–water partition coefficient (Wildman–Crippen LogP) is 1.04. The number of rotatable bonds is 2. The van der Waals surface area contributed by atoms with E-state index < -0.39 is 0 Å². The fourth-order valence-corrected chi connectivity index (χ4v) is 1.63. The Morgan fingerprint density at radius 2 is 2.29 bits per heavy atom. The van der Waals surface area contributed by atoms with Crippen molar-refractivity contribution in [2.45, 2.75) is 6.54 Å². The molecule has 0 radical (unpaired) electrons. The molecule has 1 aromatic carbocycles. The van der Waals surface area contributed by atoms with Gasteiger partial charge in [-0.3, -0.25) is 0 Å². The number of aryl methyl sites for hydroxylation is 1. The molecule has 1 aromatic heterocycles. The molecule has 0 saturated heterocycles. The van der Waals surface area contributed by atoms with E-state index in [-0.39, 0.29) is 0 Å². The molecule has 0 fully saturated rings. The monoisotopic (exact) mass is 191 g/mol. The Kier molecular flexibility index (Phi) is 2.13. The molecule has 2 aromatic rings. The summed E-state index contributed by atoms with van der Waals surface area (Å²) < 4.78 is 7.23. The van der Waals surface area contributed by atoms with Gasteiger partial charge in [0.25, 0.3) is 0 Å². The normalized spacial score (nSPS) is 10.8. The molecule has 0 unspecified atom stereocenters. The van der Waals surface area contributed by atoms with Gasteiger partial charge in [0.2, 0.25) is 0 Å². The summed E-state index contributed by atoms with van der Waals surface area (Å²) in [6, 6.07) is 5.80. The van der Waals surface area contributed by atoms with Crippen molar-refractivity contribution in [3.05, 3.63) is 24.0 Å². The lowest BCUT2D eigenvalue weighted by Gasteiger charge is -2.03. The molecule has 74 valence electrons. The lowest BCUT2D eigenvalue weighted by Crippen LogP contribution is -2.04. The topological polar surface area (TPSA) is 53.1 Å². The first kappa shape index (κ1) is 9.02. The minimum atomic E-state index is 0.439. The zero-order valence-electron chi connectivity index (χ0n) is 8.32. The zero-order valence-corrected chi connectivity index (χ0v) is 8.32. The molecule has 4 nitrogen and oxygen atoms in total. The van der Waals surface area contributed by atoms with Gasteiger partial charge in [0.15, 0.2) is 0 Å². The minimum absolute atomic E-state index is 0.439. The Morgan fingerprint density at radius 3 is 2.93 bits per heavy atom. The van der Waals surface area contributed by atoms with Crippen LogP contribution in [0.4, 0.5) is 0 Å². The Bertz CT molecular complexity index is 462. The van der Waals surface area contributed by atoms with E-state index in [1.165, 1.54) is 0 Å². The van der Waals surface area contributed by atoms with Crippen molar-refractivity contribution >= 4 is 11.0 Å². The Morgan fingerprint density at radius 1 is 1.50 bits per heavy atom. The van der Waals surface area contributed by atoms with Gasteiger partial charge in [-0.15, -0.1) is 0 Å². The summed E-state index contributed by atoms with van der Waals surface area (Å²) in [7, 11) is 3.60. The summed E-state index contributed by atoms with van der Waals surface area (Å²) in [6.45, 7) is 0.439. The van der Waals surface area contributed by atoms with E-state index in [0.717, 1.165) is 22.6 Å². The maximum atomic E-state index is 5.58. The SMILES string of the molecule is COc1cccc2nc(CN)n(C)c12. The summed E-state index contributed by atoms with van der Waals surface area (Å²) in [6.07, 6.45) is 0. The van der Waals surface area contributed by atoms with Crippen molar-refractivity contribution in [1.82, 2.24) is 9.55 Å². The number of aromatic nitrogens is 2. The van der Waals surface area contributed by atoms with Gasteiger partial charge < -0.3 is 15.0 Å². The fraction of sp³-hybridized carbons (Fsp3) is 0.300. The van der Waals surface area contributed by atoms with Crippen LogP contribution in [-0.2, 0) is 13.6 Å². The van der Waals surface area contributed by atoms with Crippen LogP contribution < -0.4 is 10.5 Å².